The third-order valence-corrected chi connectivity index (χ3v) is 2.05. The first-order valence-electron chi connectivity index (χ1n) is 5.09. The SMILES string of the molecule is CCCCCCl.[O]c1ccc([N+](=O)[O-])cc1. The second-order valence-electron chi connectivity index (χ2n) is 3.15. The van der Waals surface area contributed by atoms with Crippen molar-refractivity contribution < 1.29 is 10.0 Å². The molecule has 0 aromatic heterocycles. The predicted molar refractivity (Wildman–Crippen MR) is 63.5 cm³/mol. The van der Waals surface area contributed by atoms with Gasteiger partial charge < -0.3 is 0 Å². The third-order valence-electron chi connectivity index (χ3n) is 1.78. The van der Waals surface area contributed by atoms with Crippen molar-refractivity contribution in [3.05, 3.63) is 34.4 Å². The molecule has 0 unspecified atom stereocenters. The molecule has 0 spiro atoms. The van der Waals surface area contributed by atoms with Gasteiger partial charge in [0, 0.05) is 18.0 Å². The summed E-state index contributed by atoms with van der Waals surface area (Å²) in [6.07, 6.45) is 3.73. The van der Waals surface area contributed by atoms with Gasteiger partial charge in [-0.3, -0.25) is 15.2 Å². The van der Waals surface area contributed by atoms with Crippen molar-refractivity contribution in [3.63, 3.8) is 0 Å². The standard InChI is InChI=1S/C6H4NO3.C5H11Cl/c8-6-3-1-5(2-4-6)7(9)10;1-2-3-4-5-6/h1-4H;2-5H2,1H3. The minimum absolute atomic E-state index is 0.0559. The Labute approximate surface area is 100 Å². The minimum atomic E-state index is -0.542. The van der Waals surface area contributed by atoms with Crippen LogP contribution in [0.25, 0.3) is 0 Å². The highest BCUT2D eigenvalue weighted by Gasteiger charge is 2.02. The largest absolute Gasteiger partial charge is 0.290 e. The maximum atomic E-state index is 10.4. The van der Waals surface area contributed by atoms with Gasteiger partial charge >= 0.3 is 0 Å². The van der Waals surface area contributed by atoms with Crippen molar-refractivity contribution in [1.29, 1.82) is 0 Å². The Bertz CT molecular complexity index is 297. The highest BCUT2D eigenvalue weighted by molar-refractivity contribution is 6.17. The summed E-state index contributed by atoms with van der Waals surface area (Å²) in [6.45, 7) is 2.17. The number of hydrogen-bond donors (Lipinski definition) is 0. The van der Waals surface area contributed by atoms with Gasteiger partial charge in [0.05, 0.1) is 4.92 Å². The molecule has 1 radical (unpaired) electrons. The second-order valence-corrected chi connectivity index (χ2v) is 3.53. The van der Waals surface area contributed by atoms with Crippen LogP contribution in [0.5, 0.6) is 5.75 Å². The second kappa shape index (κ2) is 8.97. The number of non-ortho nitro benzene ring substituents is 1. The maximum Gasteiger partial charge on any atom is 0.269 e. The van der Waals surface area contributed by atoms with E-state index in [2.05, 4.69) is 6.92 Å². The van der Waals surface area contributed by atoms with Crippen molar-refractivity contribution in [2.75, 3.05) is 5.88 Å². The number of halogens is 1. The third kappa shape index (κ3) is 7.06. The highest BCUT2D eigenvalue weighted by Crippen LogP contribution is 2.15. The predicted octanol–water partition coefficient (Wildman–Crippen LogP) is 4.15. The molecule has 1 aromatic rings. The van der Waals surface area contributed by atoms with Crippen molar-refractivity contribution in [1.82, 2.24) is 0 Å². The van der Waals surface area contributed by atoms with Crippen molar-refractivity contribution in [2.45, 2.75) is 26.2 Å². The summed E-state index contributed by atoms with van der Waals surface area (Å²) < 4.78 is 0. The highest BCUT2D eigenvalue weighted by atomic mass is 35.5. The number of unbranched alkanes of at least 4 members (excludes halogenated alkanes) is 2. The molecule has 0 N–H and O–H groups in total. The van der Waals surface area contributed by atoms with Crippen LogP contribution in [0.1, 0.15) is 26.2 Å². The van der Waals surface area contributed by atoms with E-state index in [0.29, 0.717) is 0 Å². The van der Waals surface area contributed by atoms with Crippen LogP contribution in [0.3, 0.4) is 0 Å². The lowest BCUT2D eigenvalue weighted by Gasteiger charge is -1.87. The van der Waals surface area contributed by atoms with Crippen LogP contribution >= 0.6 is 11.6 Å². The number of benzene rings is 1. The smallest absolute Gasteiger partial charge is 0.269 e. The van der Waals surface area contributed by atoms with E-state index < -0.39 is 4.92 Å². The molecule has 0 atom stereocenters. The molecule has 0 aliphatic rings. The average Bonchev–Trinajstić information content (AvgIpc) is 2.28. The molecule has 89 valence electrons. The van der Waals surface area contributed by atoms with Crippen LogP contribution in [0.2, 0.25) is 0 Å². The molecule has 0 aliphatic heterocycles. The lowest BCUT2D eigenvalue weighted by atomic mass is 10.3. The molecule has 16 heavy (non-hydrogen) atoms. The van der Waals surface area contributed by atoms with E-state index >= 15 is 0 Å². The Balaban J connectivity index is 0.000000325. The van der Waals surface area contributed by atoms with Crippen LogP contribution in [0.4, 0.5) is 5.69 Å². The van der Waals surface area contributed by atoms with Crippen LogP contribution in [0.15, 0.2) is 24.3 Å². The number of nitro groups is 1. The monoisotopic (exact) mass is 244 g/mol. The van der Waals surface area contributed by atoms with Crippen LogP contribution < -0.4 is 0 Å². The first kappa shape index (κ1) is 14.7. The number of nitrogens with zero attached hydrogens (tertiary/aromatic N) is 1. The Morgan fingerprint density at radius 1 is 1.25 bits per heavy atom. The van der Waals surface area contributed by atoms with Gasteiger partial charge in [-0.05, 0) is 18.6 Å². The van der Waals surface area contributed by atoms with Gasteiger partial charge in [0.2, 0.25) is 0 Å². The van der Waals surface area contributed by atoms with E-state index in [1.807, 2.05) is 0 Å². The molecule has 5 heteroatoms. The zero-order valence-corrected chi connectivity index (χ0v) is 9.94. The zero-order chi connectivity index (χ0) is 12.4. The fourth-order valence-electron chi connectivity index (χ4n) is 0.912. The van der Waals surface area contributed by atoms with E-state index in [9.17, 15) is 15.2 Å². The molecule has 4 nitrogen and oxygen atoms in total. The van der Waals surface area contributed by atoms with Gasteiger partial charge in [-0.15, -0.1) is 11.6 Å². The lowest BCUT2D eigenvalue weighted by molar-refractivity contribution is -0.384. The Hall–Kier alpha value is -1.29. The van der Waals surface area contributed by atoms with Gasteiger partial charge in [-0.1, -0.05) is 19.8 Å². The summed E-state index contributed by atoms with van der Waals surface area (Å²) in [5, 5.41) is 20.4. The molecular weight excluding hydrogens is 230 g/mol. The first-order chi connectivity index (χ1) is 7.61. The Morgan fingerprint density at radius 3 is 2.12 bits per heavy atom. The molecule has 0 fully saturated rings. The van der Waals surface area contributed by atoms with Crippen molar-refractivity contribution >= 4 is 17.3 Å². The maximum absolute atomic E-state index is 10.4. The molecule has 0 amide bonds. The van der Waals surface area contributed by atoms with Gasteiger partial charge in [0.1, 0.15) is 0 Å². The van der Waals surface area contributed by atoms with E-state index in [1.165, 1.54) is 31.4 Å². The molecule has 1 rings (SSSR count). The van der Waals surface area contributed by atoms with Crippen molar-refractivity contribution in [3.8, 4) is 5.75 Å². The van der Waals surface area contributed by atoms with Crippen LogP contribution in [-0.4, -0.2) is 10.8 Å². The number of alkyl halides is 1. The zero-order valence-electron chi connectivity index (χ0n) is 9.19. The van der Waals surface area contributed by atoms with Crippen LogP contribution in [-0.2, 0) is 5.11 Å². The molecule has 1 aromatic carbocycles. The number of rotatable bonds is 4. The quantitative estimate of drug-likeness (QED) is 0.346. The van der Waals surface area contributed by atoms with E-state index in [0.717, 1.165) is 18.0 Å². The number of hydrogen-bond acceptors (Lipinski definition) is 2. The molecule has 0 heterocycles. The summed E-state index contributed by atoms with van der Waals surface area (Å²) in [5.41, 5.74) is -0.0559. The summed E-state index contributed by atoms with van der Waals surface area (Å²) in [7, 11) is 0. The molecule has 0 aliphatic carbocycles. The summed E-state index contributed by atoms with van der Waals surface area (Å²) in [4.78, 5) is 9.47. The normalized spacial score (nSPS) is 9.12. The van der Waals surface area contributed by atoms with Gasteiger partial charge in [-0.2, -0.15) is 0 Å². The van der Waals surface area contributed by atoms with Gasteiger partial charge in [0.15, 0.2) is 5.75 Å². The van der Waals surface area contributed by atoms with Crippen molar-refractivity contribution in [2.24, 2.45) is 0 Å². The fourth-order valence-corrected chi connectivity index (χ4v) is 1.10. The minimum Gasteiger partial charge on any atom is -0.290 e. The van der Waals surface area contributed by atoms with E-state index in [-0.39, 0.29) is 11.4 Å². The summed E-state index contributed by atoms with van der Waals surface area (Å²) in [5.74, 6) is 0.610. The number of nitro benzene ring substituents is 1. The molecule has 0 saturated carbocycles. The fraction of sp³-hybridized carbons (Fsp3) is 0.455. The average molecular weight is 245 g/mol. The topological polar surface area (TPSA) is 63.0 Å². The van der Waals surface area contributed by atoms with E-state index in [4.69, 9.17) is 11.6 Å². The Morgan fingerprint density at radius 2 is 1.81 bits per heavy atom. The van der Waals surface area contributed by atoms with E-state index in [1.54, 1.807) is 0 Å². The Kier molecular flexibility index (Phi) is 8.25. The molecule has 0 saturated heterocycles. The first-order valence-corrected chi connectivity index (χ1v) is 5.62. The summed E-state index contributed by atoms with van der Waals surface area (Å²) >= 11 is 5.38. The molecule has 0 bridgehead atoms. The summed E-state index contributed by atoms with van der Waals surface area (Å²) in [6, 6.07) is 4.70. The molecular formula is C11H15ClNO3. The van der Waals surface area contributed by atoms with Crippen LogP contribution in [0, 0.1) is 10.1 Å². The lowest BCUT2D eigenvalue weighted by Crippen LogP contribution is -1.85. The van der Waals surface area contributed by atoms with Gasteiger partial charge in [-0.25, -0.2) is 0 Å². The van der Waals surface area contributed by atoms with Gasteiger partial charge in [0.25, 0.3) is 5.69 Å².